The molecule has 0 aliphatic heterocycles. The minimum atomic E-state index is -0.702. The quantitative estimate of drug-likeness (QED) is 0.386. The first-order valence-corrected chi connectivity index (χ1v) is 9.54. The molecule has 0 amide bonds. The monoisotopic (exact) mass is 348 g/mol. The molecule has 6 heteroatoms. The van der Waals surface area contributed by atoms with E-state index in [9.17, 15) is 9.59 Å². The number of hydrogen-bond donors (Lipinski definition) is 1. The van der Waals surface area contributed by atoms with Crippen molar-refractivity contribution in [3.63, 3.8) is 0 Å². The molecule has 15 heavy (non-hydrogen) atoms. The van der Waals surface area contributed by atoms with Crippen molar-refractivity contribution in [2.45, 2.75) is 34.6 Å². The summed E-state index contributed by atoms with van der Waals surface area (Å²) in [4.78, 5) is 21.1. The van der Waals surface area contributed by atoms with Crippen LogP contribution in [0.4, 0.5) is 0 Å². The maximum absolute atomic E-state index is 10.9. The van der Waals surface area contributed by atoms with E-state index in [0.29, 0.717) is 32.2 Å². The van der Waals surface area contributed by atoms with Crippen LogP contribution in [0.1, 0.15) is 13.3 Å². The Bertz CT molecular complexity index is 197. The van der Waals surface area contributed by atoms with Gasteiger partial charge in [-0.2, -0.15) is 0 Å². The molecule has 0 atom stereocenters. The first-order valence-electron chi connectivity index (χ1n) is 4.69. The van der Waals surface area contributed by atoms with Crippen LogP contribution in [0.3, 0.4) is 0 Å². The first-order chi connectivity index (χ1) is 7.16. The fourth-order valence-electron chi connectivity index (χ4n) is 0.781. The van der Waals surface area contributed by atoms with Gasteiger partial charge in [0.1, 0.15) is 0 Å². The van der Waals surface area contributed by atoms with Gasteiger partial charge in [0.25, 0.3) is 0 Å². The minimum absolute atomic E-state index is 0.103. The van der Waals surface area contributed by atoms with Crippen LogP contribution in [0.2, 0.25) is 21.3 Å². The third-order valence-electron chi connectivity index (χ3n) is 1.33. The molecule has 0 aromatic rings. The van der Waals surface area contributed by atoms with Gasteiger partial charge in [0, 0.05) is 0 Å². The Morgan fingerprint density at radius 3 is 2.33 bits per heavy atom. The zero-order valence-corrected chi connectivity index (χ0v) is 12.2. The molecule has 0 radical (unpaired) electrons. The van der Waals surface area contributed by atoms with Crippen molar-refractivity contribution < 1.29 is 19.4 Å². The second-order valence-corrected chi connectivity index (χ2v) is 7.29. The second-order valence-electron chi connectivity index (χ2n) is 2.66. The van der Waals surface area contributed by atoms with Gasteiger partial charge in [-0.25, -0.2) is 0 Å². The molecule has 1 N–H and O–H groups in total. The molecular weight excluding hydrogens is 330 g/mol. The molecule has 88 valence electrons. The zero-order valence-electron chi connectivity index (χ0n) is 8.73. The SMILES string of the molecule is CCOC(=O)C[Se]CCC[Se]CC(=O)O. The number of hydrogen-bond acceptors (Lipinski definition) is 3. The van der Waals surface area contributed by atoms with E-state index in [1.165, 1.54) is 0 Å². The summed E-state index contributed by atoms with van der Waals surface area (Å²) in [5.74, 6) is -0.805. The van der Waals surface area contributed by atoms with E-state index in [4.69, 9.17) is 9.84 Å². The van der Waals surface area contributed by atoms with Crippen LogP contribution in [0.15, 0.2) is 0 Å². The number of carbonyl (C=O) groups is 2. The maximum atomic E-state index is 10.9. The van der Waals surface area contributed by atoms with E-state index < -0.39 is 5.97 Å². The van der Waals surface area contributed by atoms with Crippen LogP contribution in [-0.4, -0.2) is 53.6 Å². The van der Waals surface area contributed by atoms with Crippen molar-refractivity contribution in [2.75, 3.05) is 6.61 Å². The summed E-state index contributed by atoms with van der Waals surface area (Å²) in [5, 5.41) is 11.3. The number of esters is 1. The Hall–Kier alpha value is -0.0210. The predicted octanol–water partition coefficient (Wildman–Crippen LogP) is 1.11. The molecule has 0 aromatic heterocycles. The van der Waals surface area contributed by atoms with Crippen molar-refractivity contribution >= 4 is 41.9 Å². The molecule has 4 nitrogen and oxygen atoms in total. The van der Waals surface area contributed by atoms with Crippen LogP contribution in [0.5, 0.6) is 0 Å². The van der Waals surface area contributed by atoms with Crippen molar-refractivity contribution in [1.82, 2.24) is 0 Å². The summed E-state index contributed by atoms with van der Waals surface area (Å²) in [6.07, 6.45) is 1.05. The number of ether oxygens (including phenoxy) is 1. The molecule has 0 bridgehead atoms. The normalized spacial score (nSPS) is 9.93. The van der Waals surface area contributed by atoms with Gasteiger partial charge in [-0.1, -0.05) is 0 Å². The molecule has 0 fully saturated rings. The van der Waals surface area contributed by atoms with Gasteiger partial charge >= 0.3 is 103 Å². The second kappa shape index (κ2) is 10.5. The van der Waals surface area contributed by atoms with Gasteiger partial charge in [-0.3, -0.25) is 0 Å². The van der Waals surface area contributed by atoms with Gasteiger partial charge in [-0.05, 0) is 0 Å². The van der Waals surface area contributed by atoms with Crippen LogP contribution < -0.4 is 0 Å². The fourth-order valence-corrected chi connectivity index (χ4v) is 4.67. The molecule has 0 aromatic carbocycles. The van der Waals surface area contributed by atoms with E-state index in [0.717, 1.165) is 17.1 Å². The Morgan fingerprint density at radius 1 is 1.20 bits per heavy atom. The molecule has 0 aliphatic rings. The molecule has 0 saturated heterocycles. The van der Waals surface area contributed by atoms with Crippen LogP contribution in [0, 0.1) is 0 Å². The Morgan fingerprint density at radius 2 is 1.80 bits per heavy atom. The van der Waals surface area contributed by atoms with Gasteiger partial charge in [0.05, 0.1) is 0 Å². The number of rotatable bonds is 9. The van der Waals surface area contributed by atoms with Crippen LogP contribution in [-0.2, 0) is 14.3 Å². The summed E-state index contributed by atoms with van der Waals surface area (Å²) in [6, 6.07) is 0. The topological polar surface area (TPSA) is 63.6 Å². The van der Waals surface area contributed by atoms with Crippen molar-refractivity contribution in [1.29, 1.82) is 0 Å². The van der Waals surface area contributed by atoms with E-state index in [1.54, 1.807) is 6.92 Å². The molecular formula is C9H16O4Se2. The number of carboxylic acid groups (broad SMARTS) is 1. The Labute approximate surface area is 102 Å². The average Bonchev–Trinajstić information content (AvgIpc) is 2.16. The predicted molar refractivity (Wildman–Crippen MR) is 59.6 cm³/mol. The zero-order chi connectivity index (χ0) is 11.5. The third kappa shape index (κ3) is 11.9. The van der Waals surface area contributed by atoms with E-state index in [2.05, 4.69) is 0 Å². The summed E-state index contributed by atoms with van der Waals surface area (Å²) in [6.45, 7) is 2.26. The molecule has 0 heterocycles. The van der Waals surface area contributed by atoms with E-state index in [-0.39, 0.29) is 20.9 Å². The van der Waals surface area contributed by atoms with Crippen molar-refractivity contribution in [3.8, 4) is 0 Å². The van der Waals surface area contributed by atoms with Gasteiger partial charge in [0.15, 0.2) is 0 Å². The summed E-state index contributed by atoms with van der Waals surface area (Å²) in [5.41, 5.74) is 0. The average molecular weight is 346 g/mol. The summed E-state index contributed by atoms with van der Waals surface area (Å²) < 4.78 is 4.80. The summed E-state index contributed by atoms with van der Waals surface area (Å²) >= 11 is 0.553. The van der Waals surface area contributed by atoms with E-state index in [1.807, 2.05) is 0 Å². The summed E-state index contributed by atoms with van der Waals surface area (Å²) in [7, 11) is 0. The first kappa shape index (κ1) is 15.0. The molecule has 0 unspecified atom stereocenters. The van der Waals surface area contributed by atoms with Crippen molar-refractivity contribution in [2.24, 2.45) is 0 Å². The van der Waals surface area contributed by atoms with Crippen LogP contribution >= 0.6 is 0 Å². The van der Waals surface area contributed by atoms with E-state index >= 15 is 0 Å². The number of carbonyl (C=O) groups excluding carboxylic acids is 1. The van der Waals surface area contributed by atoms with Crippen molar-refractivity contribution in [3.05, 3.63) is 0 Å². The third-order valence-corrected chi connectivity index (χ3v) is 5.62. The molecule has 0 aliphatic carbocycles. The Kier molecular flexibility index (Phi) is 10.5. The van der Waals surface area contributed by atoms with Gasteiger partial charge in [-0.15, -0.1) is 0 Å². The standard InChI is InChI=1S/C9H16O4Se2/c1-2-13-9(12)7-15-5-3-4-14-6-8(10)11/h2-7H2,1H3,(H,10,11). The number of aliphatic carboxylic acids is 1. The van der Waals surface area contributed by atoms with Gasteiger partial charge < -0.3 is 0 Å². The molecule has 0 spiro atoms. The molecule has 0 saturated carbocycles. The number of carboxylic acids is 1. The Balaban J connectivity index is 3.11. The molecule has 0 rings (SSSR count). The fraction of sp³-hybridized carbons (Fsp3) is 0.778. The van der Waals surface area contributed by atoms with Crippen LogP contribution in [0.25, 0.3) is 0 Å². The van der Waals surface area contributed by atoms with Gasteiger partial charge in [0.2, 0.25) is 0 Å².